The fourth-order valence-electron chi connectivity index (χ4n) is 1.57. The molecule has 1 atom stereocenters. The third-order valence-electron chi connectivity index (χ3n) is 2.68. The first-order valence-corrected chi connectivity index (χ1v) is 7.58. The van der Waals surface area contributed by atoms with Crippen LogP contribution in [0.3, 0.4) is 0 Å². The van der Waals surface area contributed by atoms with Crippen molar-refractivity contribution >= 4 is 23.4 Å². The zero-order valence-electron chi connectivity index (χ0n) is 11.3. The van der Waals surface area contributed by atoms with E-state index < -0.39 is 0 Å². The van der Waals surface area contributed by atoms with Crippen molar-refractivity contribution < 1.29 is 4.79 Å². The van der Waals surface area contributed by atoms with Gasteiger partial charge in [0.1, 0.15) is 6.04 Å². The van der Waals surface area contributed by atoms with E-state index in [-0.39, 0.29) is 11.9 Å². The van der Waals surface area contributed by atoms with E-state index in [0.717, 1.165) is 25.1 Å². The molecule has 0 aliphatic rings. The summed E-state index contributed by atoms with van der Waals surface area (Å²) in [6.07, 6.45) is 4.16. The van der Waals surface area contributed by atoms with Crippen molar-refractivity contribution in [1.29, 1.82) is 0 Å². The lowest BCUT2D eigenvalue weighted by Crippen LogP contribution is -2.37. The monoisotopic (exact) mass is 266 g/mol. The molecule has 1 amide bonds. The fourth-order valence-corrected chi connectivity index (χ4v) is 2.03. The van der Waals surface area contributed by atoms with Gasteiger partial charge in [0.15, 0.2) is 0 Å². The number of carbonyl (C=O) groups is 1. The second-order valence-electron chi connectivity index (χ2n) is 4.24. The van der Waals surface area contributed by atoms with E-state index in [1.54, 1.807) is 11.8 Å². The SMILES string of the molecule is CCCCNC(=O)C(C)Nc1cccc(SC)c1. The number of carbonyl (C=O) groups excluding carboxylic acids is 1. The number of unbranched alkanes of at least 4 members (excludes halogenated alkanes) is 1. The molecule has 0 heterocycles. The van der Waals surface area contributed by atoms with Crippen LogP contribution in [0, 0.1) is 0 Å². The van der Waals surface area contributed by atoms with E-state index in [1.165, 1.54) is 4.90 Å². The molecule has 0 bridgehead atoms. The maximum atomic E-state index is 11.8. The summed E-state index contributed by atoms with van der Waals surface area (Å²) in [5.74, 6) is 0.0537. The zero-order chi connectivity index (χ0) is 13.4. The van der Waals surface area contributed by atoms with Crippen LogP contribution < -0.4 is 10.6 Å². The predicted octanol–water partition coefficient (Wildman–Crippen LogP) is 3.13. The maximum absolute atomic E-state index is 11.8. The topological polar surface area (TPSA) is 41.1 Å². The average molecular weight is 266 g/mol. The largest absolute Gasteiger partial charge is 0.374 e. The Hall–Kier alpha value is -1.16. The minimum absolute atomic E-state index is 0.0537. The van der Waals surface area contributed by atoms with Crippen LogP contribution in [0.2, 0.25) is 0 Å². The van der Waals surface area contributed by atoms with Crippen molar-refractivity contribution in [3.8, 4) is 0 Å². The van der Waals surface area contributed by atoms with Crippen LogP contribution in [0.25, 0.3) is 0 Å². The number of benzene rings is 1. The normalized spacial score (nSPS) is 11.9. The Bertz CT molecular complexity index is 382. The third-order valence-corrected chi connectivity index (χ3v) is 3.40. The van der Waals surface area contributed by atoms with Crippen LogP contribution in [-0.4, -0.2) is 24.7 Å². The Morgan fingerprint density at radius 2 is 2.22 bits per heavy atom. The number of thioether (sulfide) groups is 1. The summed E-state index contributed by atoms with van der Waals surface area (Å²) in [7, 11) is 0. The smallest absolute Gasteiger partial charge is 0.242 e. The molecular formula is C14H22N2OS. The summed E-state index contributed by atoms with van der Waals surface area (Å²) in [6, 6.07) is 7.88. The van der Waals surface area contributed by atoms with Crippen LogP contribution in [0.1, 0.15) is 26.7 Å². The van der Waals surface area contributed by atoms with Gasteiger partial charge in [0, 0.05) is 17.1 Å². The lowest BCUT2D eigenvalue weighted by Gasteiger charge is -2.15. The Labute approximate surface area is 114 Å². The minimum Gasteiger partial charge on any atom is -0.374 e. The van der Waals surface area contributed by atoms with Gasteiger partial charge >= 0.3 is 0 Å². The van der Waals surface area contributed by atoms with Crippen molar-refractivity contribution in [1.82, 2.24) is 5.32 Å². The van der Waals surface area contributed by atoms with E-state index in [2.05, 4.69) is 29.7 Å². The molecular weight excluding hydrogens is 244 g/mol. The van der Waals surface area contributed by atoms with Gasteiger partial charge in [0.25, 0.3) is 0 Å². The molecule has 1 aromatic rings. The predicted molar refractivity (Wildman–Crippen MR) is 79.2 cm³/mol. The van der Waals surface area contributed by atoms with Crippen LogP contribution in [0.15, 0.2) is 29.2 Å². The molecule has 0 fully saturated rings. The molecule has 1 unspecified atom stereocenters. The van der Waals surface area contributed by atoms with Crippen molar-refractivity contribution in [2.75, 3.05) is 18.1 Å². The van der Waals surface area contributed by atoms with E-state index >= 15 is 0 Å². The van der Waals surface area contributed by atoms with E-state index in [1.807, 2.05) is 25.3 Å². The number of amides is 1. The number of hydrogen-bond acceptors (Lipinski definition) is 3. The average Bonchev–Trinajstić information content (AvgIpc) is 2.39. The standard InChI is InChI=1S/C14H22N2OS/c1-4-5-9-15-14(17)11(2)16-12-7-6-8-13(10-12)18-3/h6-8,10-11,16H,4-5,9H2,1-3H3,(H,15,17). The molecule has 2 N–H and O–H groups in total. The number of anilines is 1. The fraction of sp³-hybridized carbons (Fsp3) is 0.500. The van der Waals surface area contributed by atoms with Crippen molar-refractivity contribution in [2.24, 2.45) is 0 Å². The van der Waals surface area contributed by atoms with Gasteiger partial charge in [-0.25, -0.2) is 0 Å². The Kier molecular flexibility index (Phi) is 6.65. The summed E-state index contributed by atoms with van der Waals surface area (Å²) in [5, 5.41) is 6.14. The highest BCUT2D eigenvalue weighted by Gasteiger charge is 2.11. The van der Waals surface area contributed by atoms with E-state index in [9.17, 15) is 4.79 Å². The highest BCUT2D eigenvalue weighted by atomic mass is 32.2. The van der Waals surface area contributed by atoms with Gasteiger partial charge in [0.05, 0.1) is 0 Å². The maximum Gasteiger partial charge on any atom is 0.242 e. The molecule has 0 saturated carbocycles. The molecule has 18 heavy (non-hydrogen) atoms. The van der Waals surface area contributed by atoms with Crippen molar-refractivity contribution in [2.45, 2.75) is 37.6 Å². The van der Waals surface area contributed by atoms with E-state index in [0.29, 0.717) is 0 Å². The first-order valence-electron chi connectivity index (χ1n) is 6.35. The molecule has 0 aliphatic heterocycles. The molecule has 0 spiro atoms. The molecule has 3 nitrogen and oxygen atoms in total. The summed E-state index contributed by atoms with van der Waals surface area (Å²) >= 11 is 1.69. The first-order chi connectivity index (χ1) is 8.67. The van der Waals surface area contributed by atoms with E-state index in [4.69, 9.17) is 0 Å². The molecule has 1 aromatic carbocycles. The molecule has 0 aliphatic carbocycles. The van der Waals surface area contributed by atoms with Crippen LogP contribution in [0.5, 0.6) is 0 Å². The third kappa shape index (κ3) is 5.00. The summed E-state index contributed by atoms with van der Waals surface area (Å²) < 4.78 is 0. The highest BCUT2D eigenvalue weighted by molar-refractivity contribution is 7.98. The van der Waals surface area contributed by atoms with Crippen molar-refractivity contribution in [3.05, 3.63) is 24.3 Å². The Morgan fingerprint density at radius 3 is 2.89 bits per heavy atom. The minimum atomic E-state index is -0.209. The lowest BCUT2D eigenvalue weighted by atomic mass is 10.2. The number of rotatable bonds is 7. The quantitative estimate of drug-likeness (QED) is 0.588. The van der Waals surface area contributed by atoms with Gasteiger partial charge in [0.2, 0.25) is 5.91 Å². The molecule has 100 valence electrons. The van der Waals surface area contributed by atoms with Gasteiger partial charge in [-0.2, -0.15) is 0 Å². The Morgan fingerprint density at radius 1 is 1.44 bits per heavy atom. The zero-order valence-corrected chi connectivity index (χ0v) is 12.1. The van der Waals surface area contributed by atoms with Gasteiger partial charge in [-0.1, -0.05) is 19.4 Å². The van der Waals surface area contributed by atoms with Crippen LogP contribution in [-0.2, 0) is 4.79 Å². The van der Waals surface area contributed by atoms with Gasteiger partial charge in [-0.15, -0.1) is 11.8 Å². The molecule has 1 rings (SSSR count). The number of nitrogens with one attached hydrogen (secondary N) is 2. The van der Waals surface area contributed by atoms with Gasteiger partial charge in [-0.05, 0) is 37.8 Å². The second kappa shape index (κ2) is 8.03. The van der Waals surface area contributed by atoms with Gasteiger partial charge < -0.3 is 10.6 Å². The lowest BCUT2D eigenvalue weighted by molar-refractivity contribution is -0.121. The summed E-state index contributed by atoms with van der Waals surface area (Å²) in [5.41, 5.74) is 0.986. The van der Waals surface area contributed by atoms with Crippen molar-refractivity contribution in [3.63, 3.8) is 0 Å². The molecule has 0 radical (unpaired) electrons. The number of hydrogen-bond donors (Lipinski definition) is 2. The highest BCUT2D eigenvalue weighted by Crippen LogP contribution is 2.19. The summed E-state index contributed by atoms with van der Waals surface area (Å²) in [6.45, 7) is 4.75. The van der Waals surface area contributed by atoms with Crippen LogP contribution >= 0.6 is 11.8 Å². The molecule has 4 heteroatoms. The molecule has 0 aromatic heterocycles. The molecule has 0 saturated heterocycles. The van der Waals surface area contributed by atoms with Crippen LogP contribution in [0.4, 0.5) is 5.69 Å². The first kappa shape index (κ1) is 14.9. The second-order valence-corrected chi connectivity index (χ2v) is 5.12. The van der Waals surface area contributed by atoms with Gasteiger partial charge in [-0.3, -0.25) is 4.79 Å². The summed E-state index contributed by atoms with van der Waals surface area (Å²) in [4.78, 5) is 13.0. The Balaban J connectivity index is 2.47.